The summed E-state index contributed by atoms with van der Waals surface area (Å²) in [7, 11) is 0. The molecular weight excluding hydrogens is 500 g/mol. The van der Waals surface area contributed by atoms with E-state index in [1.807, 2.05) is 29.2 Å². The maximum Gasteiger partial charge on any atom is 0.313 e. The van der Waals surface area contributed by atoms with E-state index in [2.05, 4.69) is 38.6 Å². The summed E-state index contributed by atoms with van der Waals surface area (Å²) in [5.41, 5.74) is 2.36. The summed E-state index contributed by atoms with van der Waals surface area (Å²) in [6.07, 6.45) is 5.05. The van der Waals surface area contributed by atoms with Crippen molar-refractivity contribution in [2.24, 2.45) is 0 Å². The third-order valence-corrected chi connectivity index (χ3v) is 8.57. The maximum atomic E-state index is 13.0. The van der Waals surface area contributed by atoms with Crippen LogP contribution in [0.2, 0.25) is 0 Å². The average molecular weight is 531 g/mol. The molecule has 38 heavy (non-hydrogen) atoms. The Morgan fingerprint density at radius 2 is 1.68 bits per heavy atom. The first-order chi connectivity index (χ1) is 18.5. The number of amides is 3. The lowest BCUT2D eigenvalue weighted by Crippen LogP contribution is -2.53. The second-order valence-corrected chi connectivity index (χ2v) is 11.1. The van der Waals surface area contributed by atoms with E-state index in [0.717, 1.165) is 52.7 Å². The number of piperidine rings is 1. The summed E-state index contributed by atoms with van der Waals surface area (Å²) < 4.78 is 1.18. The van der Waals surface area contributed by atoms with Crippen LogP contribution in [0.25, 0.3) is 31.4 Å². The number of aromatic amines is 1. The van der Waals surface area contributed by atoms with Gasteiger partial charge in [0.15, 0.2) is 0 Å². The van der Waals surface area contributed by atoms with Crippen LogP contribution in [0.3, 0.4) is 0 Å². The lowest BCUT2D eigenvalue weighted by atomic mass is 10.1. The molecule has 0 atom stereocenters. The summed E-state index contributed by atoms with van der Waals surface area (Å²) in [5, 5.41) is 12.1. The summed E-state index contributed by atoms with van der Waals surface area (Å²) >= 11 is 1.67. The van der Waals surface area contributed by atoms with Gasteiger partial charge < -0.3 is 15.1 Å². The van der Waals surface area contributed by atoms with Gasteiger partial charge in [0, 0.05) is 65.5 Å². The summed E-state index contributed by atoms with van der Waals surface area (Å²) in [4.78, 5) is 45.1. The molecule has 0 aliphatic carbocycles. The van der Waals surface area contributed by atoms with Crippen molar-refractivity contribution in [3.05, 3.63) is 48.7 Å². The molecule has 3 amide bonds. The molecule has 9 nitrogen and oxygen atoms in total. The number of hydrogen-bond donors (Lipinski definition) is 2. The molecular formula is C28H30N6O3S. The number of nitrogens with one attached hydrogen (secondary N) is 2. The highest BCUT2D eigenvalue weighted by molar-refractivity contribution is 7.22. The Morgan fingerprint density at radius 3 is 2.47 bits per heavy atom. The van der Waals surface area contributed by atoms with E-state index in [4.69, 9.17) is 0 Å². The number of benzene rings is 2. The molecule has 0 saturated carbocycles. The molecule has 0 unspecified atom stereocenters. The van der Waals surface area contributed by atoms with E-state index < -0.39 is 11.8 Å². The molecule has 2 saturated heterocycles. The van der Waals surface area contributed by atoms with Gasteiger partial charge in [0.25, 0.3) is 0 Å². The first-order valence-electron chi connectivity index (χ1n) is 13.1. The Hall–Kier alpha value is -3.76. The van der Waals surface area contributed by atoms with Crippen LogP contribution < -0.4 is 5.32 Å². The second-order valence-electron chi connectivity index (χ2n) is 9.97. The largest absolute Gasteiger partial charge is 0.342 e. The first-order valence-corrected chi connectivity index (χ1v) is 13.9. The molecule has 4 aromatic rings. The molecule has 2 aliphatic rings. The molecule has 4 heterocycles. The van der Waals surface area contributed by atoms with E-state index in [0.29, 0.717) is 38.4 Å². The first kappa shape index (κ1) is 24.6. The topological polar surface area (TPSA) is 102 Å². The summed E-state index contributed by atoms with van der Waals surface area (Å²) in [6.45, 7) is 4.06. The number of thiophene rings is 1. The Kier molecular flexibility index (Phi) is 6.82. The normalized spacial score (nSPS) is 16.7. The van der Waals surface area contributed by atoms with Gasteiger partial charge in [0.1, 0.15) is 0 Å². The molecule has 2 aromatic heterocycles. The number of H-pyrrole nitrogens is 1. The zero-order chi connectivity index (χ0) is 26.1. The number of piperazine rings is 1. The molecule has 2 aliphatic heterocycles. The molecule has 2 N–H and O–H groups in total. The standard InChI is InChI=1S/C28H30N6O3S/c35-25(33-8-4-1-5-9-33)18-32-10-12-34(13-11-32)28(37)27(36)30-21-14-20-17-29-31-26(20)22(16-21)24-15-19-6-2-3-7-23(19)38-24/h2-3,6-7,14-17H,1,4-5,8-13,18H2,(H,29,31)(H,30,36). The van der Waals surface area contributed by atoms with E-state index in [-0.39, 0.29) is 5.91 Å². The minimum absolute atomic E-state index is 0.159. The molecule has 2 aromatic carbocycles. The van der Waals surface area contributed by atoms with Gasteiger partial charge in [-0.2, -0.15) is 5.10 Å². The minimum Gasteiger partial charge on any atom is -0.342 e. The fourth-order valence-electron chi connectivity index (χ4n) is 5.31. The van der Waals surface area contributed by atoms with Crippen LogP contribution in [-0.2, 0) is 14.4 Å². The number of carbonyl (C=O) groups excluding carboxylic acids is 3. The SMILES string of the molecule is O=C(Nc1cc(-c2cc3ccccc3s2)c2[nH]ncc2c1)C(=O)N1CCN(CC(=O)N2CCCCC2)CC1. The van der Waals surface area contributed by atoms with E-state index in [1.165, 1.54) is 11.1 Å². The van der Waals surface area contributed by atoms with Crippen LogP contribution in [0.15, 0.2) is 48.7 Å². The fourth-order valence-corrected chi connectivity index (χ4v) is 6.40. The monoisotopic (exact) mass is 530 g/mol. The number of aromatic nitrogens is 2. The van der Waals surface area contributed by atoms with Gasteiger partial charge in [-0.15, -0.1) is 11.3 Å². The van der Waals surface area contributed by atoms with Crippen molar-refractivity contribution < 1.29 is 14.4 Å². The fraction of sp³-hybridized carbons (Fsp3) is 0.357. The highest BCUT2D eigenvalue weighted by Crippen LogP contribution is 2.38. The molecule has 0 bridgehead atoms. The quantitative estimate of drug-likeness (QED) is 0.393. The van der Waals surface area contributed by atoms with Gasteiger partial charge in [-0.3, -0.25) is 24.4 Å². The molecule has 196 valence electrons. The number of rotatable bonds is 4. The van der Waals surface area contributed by atoms with E-state index in [9.17, 15) is 14.4 Å². The Balaban J connectivity index is 1.11. The van der Waals surface area contributed by atoms with Crippen LogP contribution in [0, 0.1) is 0 Å². The van der Waals surface area contributed by atoms with Crippen LogP contribution >= 0.6 is 11.3 Å². The van der Waals surface area contributed by atoms with Crippen molar-refractivity contribution >= 4 is 55.7 Å². The van der Waals surface area contributed by atoms with E-state index in [1.54, 1.807) is 22.4 Å². The highest BCUT2D eigenvalue weighted by atomic mass is 32.1. The predicted octanol–water partition coefficient (Wildman–Crippen LogP) is 3.54. The molecule has 0 radical (unpaired) electrons. The van der Waals surface area contributed by atoms with Crippen LogP contribution in [0.4, 0.5) is 5.69 Å². The molecule has 2 fully saturated rings. The third-order valence-electron chi connectivity index (χ3n) is 7.42. The Labute approximate surface area is 224 Å². The minimum atomic E-state index is -0.659. The second kappa shape index (κ2) is 10.5. The lowest BCUT2D eigenvalue weighted by Gasteiger charge is -2.35. The van der Waals surface area contributed by atoms with Gasteiger partial charge in [-0.05, 0) is 48.9 Å². The van der Waals surface area contributed by atoms with Gasteiger partial charge in [-0.1, -0.05) is 18.2 Å². The number of carbonyl (C=O) groups is 3. The Bertz CT molecular complexity index is 1460. The van der Waals surface area contributed by atoms with Crippen molar-refractivity contribution in [3.8, 4) is 10.4 Å². The lowest BCUT2D eigenvalue weighted by molar-refractivity contribution is -0.144. The average Bonchev–Trinajstić information content (AvgIpc) is 3.60. The zero-order valence-corrected chi connectivity index (χ0v) is 21.9. The van der Waals surface area contributed by atoms with Gasteiger partial charge >= 0.3 is 11.8 Å². The third kappa shape index (κ3) is 5.01. The summed E-state index contributed by atoms with van der Waals surface area (Å²) in [6, 6.07) is 14.0. The van der Waals surface area contributed by atoms with E-state index >= 15 is 0 Å². The summed E-state index contributed by atoms with van der Waals surface area (Å²) in [5.74, 6) is -1.05. The zero-order valence-electron chi connectivity index (χ0n) is 21.1. The van der Waals surface area contributed by atoms with Crippen molar-refractivity contribution in [3.63, 3.8) is 0 Å². The van der Waals surface area contributed by atoms with Crippen LogP contribution in [-0.4, -0.2) is 88.4 Å². The maximum absolute atomic E-state index is 13.0. The van der Waals surface area contributed by atoms with Crippen molar-refractivity contribution in [1.82, 2.24) is 24.9 Å². The predicted molar refractivity (Wildman–Crippen MR) is 149 cm³/mol. The van der Waals surface area contributed by atoms with Crippen molar-refractivity contribution in [2.75, 3.05) is 51.1 Å². The van der Waals surface area contributed by atoms with Crippen LogP contribution in [0.5, 0.6) is 0 Å². The highest BCUT2D eigenvalue weighted by Gasteiger charge is 2.28. The van der Waals surface area contributed by atoms with Gasteiger partial charge in [-0.25, -0.2) is 0 Å². The number of hydrogen-bond acceptors (Lipinski definition) is 6. The number of nitrogens with zero attached hydrogens (tertiary/aromatic N) is 4. The van der Waals surface area contributed by atoms with Gasteiger partial charge in [0.2, 0.25) is 5.91 Å². The molecule has 10 heteroatoms. The Morgan fingerprint density at radius 1 is 0.895 bits per heavy atom. The van der Waals surface area contributed by atoms with Crippen molar-refractivity contribution in [1.29, 1.82) is 0 Å². The van der Waals surface area contributed by atoms with Gasteiger partial charge in [0.05, 0.1) is 18.3 Å². The smallest absolute Gasteiger partial charge is 0.313 e. The number of likely N-dealkylation sites (tertiary alicyclic amines) is 1. The molecule has 6 rings (SSSR count). The molecule has 0 spiro atoms. The van der Waals surface area contributed by atoms with Crippen LogP contribution in [0.1, 0.15) is 19.3 Å². The number of fused-ring (bicyclic) bond motifs is 2. The number of anilines is 1. The van der Waals surface area contributed by atoms with Crippen molar-refractivity contribution in [2.45, 2.75) is 19.3 Å².